The van der Waals surface area contributed by atoms with Gasteiger partial charge in [0, 0.05) is 22.0 Å². The van der Waals surface area contributed by atoms with Crippen LogP contribution in [0.5, 0.6) is 5.75 Å². The summed E-state index contributed by atoms with van der Waals surface area (Å²) < 4.78 is 5.94. The number of benzene rings is 4. The van der Waals surface area contributed by atoms with Gasteiger partial charge in [-0.2, -0.15) is 0 Å². The van der Waals surface area contributed by atoms with Crippen LogP contribution in [-0.2, 0) is 16.0 Å². The van der Waals surface area contributed by atoms with Gasteiger partial charge in [-0.15, -0.1) is 0 Å². The van der Waals surface area contributed by atoms with Gasteiger partial charge < -0.3 is 4.74 Å². The molecule has 4 aromatic rings. The largest absolute Gasteiger partial charge is 0.494 e. The molecule has 1 aliphatic rings. The molecule has 0 bridgehead atoms. The van der Waals surface area contributed by atoms with Crippen molar-refractivity contribution < 1.29 is 14.3 Å². The summed E-state index contributed by atoms with van der Waals surface area (Å²) in [7, 11) is 0. The molecule has 0 unspecified atom stereocenters. The van der Waals surface area contributed by atoms with Crippen molar-refractivity contribution in [1.29, 1.82) is 0 Å². The maximum absolute atomic E-state index is 13.8. The number of carbonyl (C=O) groups is 2. The summed E-state index contributed by atoms with van der Waals surface area (Å²) >= 11 is 18.9. The first kappa shape index (κ1) is 27.6. The average Bonchev–Trinajstić information content (AvgIpc) is 2.95. The van der Waals surface area contributed by atoms with Crippen molar-refractivity contribution in [2.45, 2.75) is 13.3 Å². The Bertz CT molecular complexity index is 1560. The number of carbonyl (C=O) groups excluding carboxylic acids is 2. The van der Waals surface area contributed by atoms with Gasteiger partial charge in [-0.3, -0.25) is 19.4 Å². The highest BCUT2D eigenvalue weighted by atomic mass is 35.5. The molecule has 0 radical (unpaired) electrons. The lowest BCUT2D eigenvalue weighted by atomic mass is 10.00. The molecule has 5 rings (SSSR count). The molecule has 1 fully saturated rings. The van der Waals surface area contributed by atoms with Gasteiger partial charge in [-0.1, -0.05) is 77.8 Å². The second-order valence-corrected chi connectivity index (χ2v) is 10.2. The molecule has 1 saturated heterocycles. The smallest absolute Gasteiger partial charge is 0.270 e. The van der Waals surface area contributed by atoms with E-state index in [4.69, 9.17) is 40.2 Å². The minimum absolute atomic E-state index is 0.0568. The van der Waals surface area contributed by atoms with Crippen molar-refractivity contribution in [3.63, 3.8) is 0 Å². The number of ether oxygens (including phenoxy) is 1. The van der Waals surface area contributed by atoms with Gasteiger partial charge in [0.2, 0.25) is 0 Å². The highest BCUT2D eigenvalue weighted by Gasteiger charge is 2.41. The minimum atomic E-state index is -0.525. The van der Waals surface area contributed by atoms with Gasteiger partial charge in [0.15, 0.2) is 5.11 Å². The number of hydrogen-bond donors (Lipinski definition) is 0. The van der Waals surface area contributed by atoms with E-state index in [0.29, 0.717) is 45.8 Å². The molecule has 0 N–H and O–H groups in total. The van der Waals surface area contributed by atoms with Crippen molar-refractivity contribution in [3.05, 3.63) is 129 Å². The van der Waals surface area contributed by atoms with Crippen LogP contribution in [0.1, 0.15) is 23.6 Å². The topological polar surface area (TPSA) is 49.9 Å². The molecule has 0 saturated carbocycles. The van der Waals surface area contributed by atoms with Crippen molar-refractivity contribution in [2.24, 2.45) is 0 Å². The maximum Gasteiger partial charge on any atom is 0.270 e. The lowest BCUT2D eigenvalue weighted by Gasteiger charge is -2.36. The van der Waals surface area contributed by atoms with E-state index in [1.54, 1.807) is 36.4 Å². The van der Waals surface area contributed by atoms with Crippen molar-refractivity contribution >= 4 is 69.8 Å². The predicted octanol–water partition coefficient (Wildman–Crippen LogP) is 7.73. The Labute approximate surface area is 248 Å². The van der Waals surface area contributed by atoms with Crippen LogP contribution in [0, 0.1) is 0 Å². The summed E-state index contributed by atoms with van der Waals surface area (Å²) in [6.07, 6.45) is 1.99. The zero-order valence-electron chi connectivity index (χ0n) is 21.5. The summed E-state index contributed by atoms with van der Waals surface area (Å²) in [5, 5.41) is 1.14. The Hall–Kier alpha value is -3.97. The zero-order valence-corrected chi connectivity index (χ0v) is 23.8. The fraction of sp³-hybridized carbons (Fsp3) is 0.0938. The molecule has 40 heavy (non-hydrogen) atoms. The van der Waals surface area contributed by atoms with Crippen molar-refractivity contribution in [2.75, 3.05) is 16.4 Å². The Morgan fingerprint density at radius 3 is 1.88 bits per heavy atom. The summed E-state index contributed by atoms with van der Waals surface area (Å²) in [5.74, 6) is -0.502. The molecule has 1 heterocycles. The van der Waals surface area contributed by atoms with E-state index >= 15 is 0 Å². The lowest BCUT2D eigenvalue weighted by molar-refractivity contribution is -0.120. The Morgan fingerprint density at radius 1 is 0.775 bits per heavy atom. The highest BCUT2D eigenvalue weighted by molar-refractivity contribution is 7.81. The first-order valence-corrected chi connectivity index (χ1v) is 13.8. The molecule has 4 aromatic carbocycles. The standard InChI is InChI=1S/C32H24Cl2N2O3S/c1-2-39-29-19-21(18-28(34)25(29)20-22-11-9-10-16-27(22)33)17-26-30(37)35(23-12-5-3-6-13-23)32(40)36(31(26)38)24-14-7-4-8-15-24/h3-19H,2,20H2,1H3. The average molecular weight is 588 g/mol. The molecule has 200 valence electrons. The van der Waals surface area contributed by atoms with E-state index < -0.39 is 11.8 Å². The van der Waals surface area contributed by atoms with Crippen LogP contribution in [-0.4, -0.2) is 23.5 Å². The number of para-hydroxylation sites is 2. The van der Waals surface area contributed by atoms with E-state index in [1.165, 1.54) is 15.9 Å². The van der Waals surface area contributed by atoms with E-state index in [-0.39, 0.29) is 10.7 Å². The van der Waals surface area contributed by atoms with Crippen LogP contribution < -0.4 is 14.5 Å². The molecular weight excluding hydrogens is 563 g/mol. The molecule has 0 atom stereocenters. The van der Waals surface area contributed by atoms with E-state index in [0.717, 1.165) is 11.1 Å². The molecule has 0 aliphatic carbocycles. The normalized spacial score (nSPS) is 13.6. The van der Waals surface area contributed by atoms with Crippen molar-refractivity contribution in [3.8, 4) is 5.75 Å². The number of anilines is 2. The van der Waals surface area contributed by atoms with Crippen LogP contribution >= 0.6 is 35.4 Å². The molecular formula is C32H24Cl2N2O3S. The number of hydrogen-bond acceptors (Lipinski definition) is 4. The second kappa shape index (κ2) is 12.0. The number of thiocarbonyl (C=S) groups is 1. The SMILES string of the molecule is CCOc1cc(C=C2C(=O)N(c3ccccc3)C(=S)N(c3ccccc3)C2=O)cc(Cl)c1Cc1ccccc1Cl. The molecule has 0 aromatic heterocycles. The second-order valence-electron chi connectivity index (χ2n) is 8.97. The minimum Gasteiger partial charge on any atom is -0.494 e. The molecule has 8 heteroatoms. The molecule has 0 spiro atoms. The van der Waals surface area contributed by atoms with Crippen LogP contribution in [0.2, 0.25) is 10.0 Å². The number of amides is 2. The first-order chi connectivity index (χ1) is 19.4. The summed E-state index contributed by atoms with van der Waals surface area (Å²) in [4.78, 5) is 30.4. The van der Waals surface area contributed by atoms with Gasteiger partial charge in [-0.05, 0) is 78.8 Å². The predicted molar refractivity (Wildman–Crippen MR) is 165 cm³/mol. The lowest BCUT2D eigenvalue weighted by Crippen LogP contribution is -2.56. The molecule has 1 aliphatic heterocycles. The van der Waals surface area contributed by atoms with Gasteiger partial charge in [0.25, 0.3) is 11.8 Å². The first-order valence-electron chi connectivity index (χ1n) is 12.6. The van der Waals surface area contributed by atoms with E-state index in [2.05, 4.69) is 0 Å². The molecule has 5 nitrogen and oxygen atoms in total. The monoisotopic (exact) mass is 586 g/mol. The van der Waals surface area contributed by atoms with Crippen molar-refractivity contribution in [1.82, 2.24) is 0 Å². The fourth-order valence-electron chi connectivity index (χ4n) is 4.51. The Morgan fingerprint density at radius 2 is 1.32 bits per heavy atom. The van der Waals surface area contributed by atoms with Gasteiger partial charge in [0.1, 0.15) is 11.3 Å². The van der Waals surface area contributed by atoms with Crippen LogP contribution in [0.15, 0.2) is 103 Å². The molecule has 2 amide bonds. The number of nitrogens with zero attached hydrogens (tertiary/aromatic N) is 2. The van der Waals surface area contributed by atoms with E-state index in [9.17, 15) is 9.59 Å². The quantitative estimate of drug-likeness (QED) is 0.126. The number of rotatable bonds is 7. The highest BCUT2D eigenvalue weighted by Crippen LogP contribution is 2.35. The summed E-state index contributed by atoms with van der Waals surface area (Å²) in [5.41, 5.74) is 3.26. The van der Waals surface area contributed by atoms with Crippen LogP contribution in [0.25, 0.3) is 6.08 Å². The Kier molecular flexibility index (Phi) is 8.31. The fourth-order valence-corrected chi connectivity index (χ4v) is 5.37. The maximum atomic E-state index is 13.8. The van der Waals surface area contributed by atoms with Gasteiger partial charge >= 0.3 is 0 Å². The third-order valence-corrected chi connectivity index (χ3v) is 7.46. The van der Waals surface area contributed by atoms with Gasteiger partial charge in [-0.25, -0.2) is 0 Å². The third-order valence-electron chi connectivity index (χ3n) is 6.39. The summed E-state index contributed by atoms with van der Waals surface area (Å²) in [6, 6.07) is 29.1. The van der Waals surface area contributed by atoms with Crippen LogP contribution in [0.4, 0.5) is 11.4 Å². The van der Waals surface area contributed by atoms with Crippen LogP contribution in [0.3, 0.4) is 0 Å². The number of halogens is 2. The zero-order chi connectivity index (χ0) is 28.2. The third kappa shape index (κ3) is 5.52. The van der Waals surface area contributed by atoms with E-state index in [1.807, 2.05) is 67.6 Å². The summed E-state index contributed by atoms with van der Waals surface area (Å²) in [6.45, 7) is 2.28. The Balaban J connectivity index is 1.61. The van der Waals surface area contributed by atoms with Gasteiger partial charge in [0.05, 0.1) is 18.0 Å².